The highest BCUT2D eigenvalue weighted by molar-refractivity contribution is 5.83. The standard InChI is InChI=1S/C24H25FN8.C2H6/c1-14(2)33-15(3)31-24-18(25)8-17(9-21(24)33)19-10-22(30-13-29-19)32-23-12-27-20(11-28-23)16-4-6-26-7-5-16;1-2/h4,8-14,26H,5-7H2,1-3H3,(H,28,29,30,32);1-2H3. The summed E-state index contributed by atoms with van der Waals surface area (Å²) in [5, 5.41) is 6.45. The van der Waals surface area contributed by atoms with Crippen molar-refractivity contribution in [2.45, 2.75) is 47.1 Å². The number of fused-ring (bicyclic) bond motifs is 1. The van der Waals surface area contributed by atoms with Gasteiger partial charge in [-0.25, -0.2) is 24.3 Å². The maximum Gasteiger partial charge on any atom is 0.151 e. The third-order valence-corrected chi connectivity index (χ3v) is 5.71. The maximum atomic E-state index is 14.9. The summed E-state index contributed by atoms with van der Waals surface area (Å²) in [4.78, 5) is 22.1. The van der Waals surface area contributed by atoms with Crippen molar-refractivity contribution in [2.75, 3.05) is 18.4 Å². The van der Waals surface area contributed by atoms with Crippen molar-refractivity contribution >= 4 is 28.2 Å². The van der Waals surface area contributed by atoms with Crippen LogP contribution in [0.15, 0.2) is 43.0 Å². The van der Waals surface area contributed by atoms with E-state index in [1.165, 1.54) is 18.0 Å². The number of imidazole rings is 1. The molecule has 182 valence electrons. The van der Waals surface area contributed by atoms with Crippen LogP contribution in [0.1, 0.15) is 51.7 Å². The highest BCUT2D eigenvalue weighted by Crippen LogP contribution is 2.29. The molecule has 0 bridgehead atoms. The lowest BCUT2D eigenvalue weighted by atomic mass is 10.1. The van der Waals surface area contributed by atoms with E-state index in [1.54, 1.807) is 18.5 Å². The van der Waals surface area contributed by atoms with Crippen LogP contribution in [-0.2, 0) is 0 Å². The van der Waals surface area contributed by atoms with E-state index in [9.17, 15) is 4.39 Å². The van der Waals surface area contributed by atoms with Crippen molar-refractivity contribution < 1.29 is 4.39 Å². The van der Waals surface area contributed by atoms with E-state index in [0.29, 0.717) is 28.4 Å². The number of rotatable bonds is 5. The number of anilines is 2. The fraction of sp³-hybridized carbons (Fsp3) is 0.346. The number of nitrogens with zero attached hydrogens (tertiary/aromatic N) is 6. The molecule has 3 aromatic heterocycles. The molecule has 4 aromatic rings. The highest BCUT2D eigenvalue weighted by Gasteiger charge is 2.16. The fourth-order valence-electron chi connectivity index (χ4n) is 4.20. The molecule has 1 aliphatic rings. The predicted octanol–water partition coefficient (Wildman–Crippen LogP) is 5.46. The average molecular weight is 475 g/mol. The second kappa shape index (κ2) is 10.7. The van der Waals surface area contributed by atoms with Gasteiger partial charge in [0.15, 0.2) is 5.82 Å². The summed E-state index contributed by atoms with van der Waals surface area (Å²) < 4.78 is 16.9. The topological polar surface area (TPSA) is 93.4 Å². The number of halogens is 1. The number of hydrogen-bond acceptors (Lipinski definition) is 7. The lowest BCUT2D eigenvalue weighted by molar-refractivity contribution is 0.600. The van der Waals surface area contributed by atoms with Crippen LogP contribution in [0.2, 0.25) is 0 Å². The van der Waals surface area contributed by atoms with Gasteiger partial charge in [0, 0.05) is 24.2 Å². The summed E-state index contributed by atoms with van der Waals surface area (Å²) in [6, 6.07) is 5.32. The second-order valence-electron chi connectivity index (χ2n) is 8.33. The quantitative estimate of drug-likeness (QED) is 0.397. The lowest BCUT2D eigenvalue weighted by Crippen LogP contribution is -2.20. The molecule has 1 aliphatic heterocycles. The first-order valence-electron chi connectivity index (χ1n) is 12.0. The Balaban J connectivity index is 0.00000141. The smallest absolute Gasteiger partial charge is 0.151 e. The van der Waals surface area contributed by atoms with E-state index in [0.717, 1.165) is 36.5 Å². The minimum Gasteiger partial charge on any atom is -0.326 e. The predicted molar refractivity (Wildman–Crippen MR) is 138 cm³/mol. The summed E-state index contributed by atoms with van der Waals surface area (Å²) >= 11 is 0. The number of nitrogens with one attached hydrogen (secondary N) is 2. The van der Waals surface area contributed by atoms with Crippen molar-refractivity contribution in [3.63, 3.8) is 0 Å². The molecule has 35 heavy (non-hydrogen) atoms. The van der Waals surface area contributed by atoms with E-state index in [-0.39, 0.29) is 11.9 Å². The normalized spacial score (nSPS) is 13.4. The van der Waals surface area contributed by atoms with Gasteiger partial charge in [0.25, 0.3) is 0 Å². The van der Waals surface area contributed by atoms with Crippen LogP contribution < -0.4 is 10.6 Å². The van der Waals surface area contributed by atoms with Crippen LogP contribution >= 0.6 is 0 Å². The Hall–Kier alpha value is -3.72. The van der Waals surface area contributed by atoms with E-state index >= 15 is 0 Å². The van der Waals surface area contributed by atoms with Gasteiger partial charge in [-0.2, -0.15) is 0 Å². The Kier molecular flexibility index (Phi) is 7.45. The molecule has 8 nitrogen and oxygen atoms in total. The minimum atomic E-state index is -0.369. The molecule has 0 spiro atoms. The third-order valence-electron chi connectivity index (χ3n) is 5.71. The average Bonchev–Trinajstić information content (AvgIpc) is 3.23. The highest BCUT2D eigenvalue weighted by atomic mass is 19.1. The monoisotopic (exact) mass is 474 g/mol. The van der Waals surface area contributed by atoms with Crippen molar-refractivity contribution in [1.29, 1.82) is 0 Å². The maximum absolute atomic E-state index is 14.9. The van der Waals surface area contributed by atoms with E-state index < -0.39 is 0 Å². The molecule has 0 radical (unpaired) electrons. The van der Waals surface area contributed by atoms with Crippen molar-refractivity contribution in [1.82, 2.24) is 34.8 Å². The van der Waals surface area contributed by atoms with Crippen molar-refractivity contribution in [3.05, 3.63) is 60.3 Å². The Morgan fingerprint density at radius 3 is 2.51 bits per heavy atom. The minimum absolute atomic E-state index is 0.162. The van der Waals surface area contributed by atoms with E-state index in [2.05, 4.69) is 55.5 Å². The van der Waals surface area contributed by atoms with Crippen LogP contribution in [0.3, 0.4) is 0 Å². The van der Waals surface area contributed by atoms with Crippen LogP contribution in [0.5, 0.6) is 0 Å². The molecule has 0 saturated heterocycles. The van der Waals surface area contributed by atoms with Gasteiger partial charge in [-0.05, 0) is 51.4 Å². The first-order chi connectivity index (χ1) is 17.0. The molecule has 0 saturated carbocycles. The molecular formula is C26H31FN8. The molecule has 9 heteroatoms. The molecular weight excluding hydrogens is 443 g/mol. The van der Waals surface area contributed by atoms with Gasteiger partial charge in [0.1, 0.15) is 29.3 Å². The Bertz CT molecular complexity index is 1340. The Morgan fingerprint density at radius 1 is 1.00 bits per heavy atom. The van der Waals surface area contributed by atoms with Crippen LogP contribution in [0, 0.1) is 12.7 Å². The van der Waals surface area contributed by atoms with Crippen molar-refractivity contribution in [3.8, 4) is 11.3 Å². The molecule has 4 heterocycles. The largest absolute Gasteiger partial charge is 0.326 e. The second-order valence-corrected chi connectivity index (χ2v) is 8.33. The molecule has 1 aromatic carbocycles. The number of aromatic nitrogens is 6. The first kappa shape index (κ1) is 24.4. The fourth-order valence-corrected chi connectivity index (χ4v) is 4.20. The van der Waals surface area contributed by atoms with E-state index in [1.807, 2.05) is 31.4 Å². The van der Waals surface area contributed by atoms with Gasteiger partial charge in [0.2, 0.25) is 0 Å². The summed E-state index contributed by atoms with van der Waals surface area (Å²) in [6.45, 7) is 11.8. The SMILES string of the molecule is CC.Cc1nc2c(F)cc(-c3cc(Nc4cnc(C5=CCNCC5)cn4)ncn3)cc2n1C(C)C. The summed E-state index contributed by atoms with van der Waals surface area (Å²) in [7, 11) is 0. The van der Waals surface area contributed by atoms with Gasteiger partial charge in [0.05, 0.1) is 29.3 Å². The summed E-state index contributed by atoms with van der Waals surface area (Å²) in [5.41, 5.74) is 4.46. The van der Waals surface area contributed by atoms with E-state index in [4.69, 9.17) is 0 Å². The molecule has 5 rings (SSSR count). The molecule has 0 aliphatic carbocycles. The molecule has 0 unspecified atom stereocenters. The zero-order chi connectivity index (χ0) is 24.9. The van der Waals surface area contributed by atoms with Crippen LogP contribution in [0.25, 0.3) is 27.9 Å². The number of aryl methyl sites for hydroxylation is 1. The molecule has 0 fully saturated rings. The van der Waals surface area contributed by atoms with Crippen molar-refractivity contribution in [2.24, 2.45) is 0 Å². The Morgan fingerprint density at radius 2 is 1.83 bits per heavy atom. The van der Waals surface area contributed by atoms with Gasteiger partial charge < -0.3 is 15.2 Å². The summed E-state index contributed by atoms with van der Waals surface area (Å²) in [5.74, 6) is 1.54. The summed E-state index contributed by atoms with van der Waals surface area (Å²) in [6.07, 6.45) is 7.98. The van der Waals surface area contributed by atoms with Crippen LogP contribution in [-0.4, -0.2) is 42.6 Å². The Labute approximate surface area is 204 Å². The first-order valence-corrected chi connectivity index (χ1v) is 12.0. The lowest BCUT2D eigenvalue weighted by Gasteiger charge is -2.13. The molecule has 2 N–H and O–H groups in total. The zero-order valence-electron chi connectivity index (χ0n) is 20.8. The van der Waals surface area contributed by atoms with Gasteiger partial charge >= 0.3 is 0 Å². The van der Waals surface area contributed by atoms with Gasteiger partial charge in [-0.15, -0.1) is 0 Å². The third kappa shape index (κ3) is 5.19. The molecule has 0 amide bonds. The van der Waals surface area contributed by atoms with Gasteiger partial charge in [-0.3, -0.25) is 4.98 Å². The number of benzene rings is 1. The van der Waals surface area contributed by atoms with Gasteiger partial charge in [-0.1, -0.05) is 19.9 Å². The molecule has 0 atom stereocenters. The zero-order valence-corrected chi connectivity index (χ0v) is 20.8. The van der Waals surface area contributed by atoms with Crippen LogP contribution in [0.4, 0.5) is 16.0 Å². The number of hydrogen-bond donors (Lipinski definition) is 2.